The molecule has 0 aromatic heterocycles. The second-order valence-corrected chi connectivity index (χ2v) is 4.69. The van der Waals surface area contributed by atoms with Crippen molar-refractivity contribution in [2.24, 2.45) is 0 Å². The fourth-order valence-electron chi connectivity index (χ4n) is 1.57. The average Bonchev–Trinajstić information content (AvgIpc) is 2.49. The summed E-state index contributed by atoms with van der Waals surface area (Å²) in [7, 11) is 1.62. The van der Waals surface area contributed by atoms with Crippen LogP contribution in [0, 0.1) is 10.1 Å². The Hall–Kier alpha value is -1.63. The molecule has 7 heteroatoms. The van der Waals surface area contributed by atoms with Crippen LogP contribution in [0.2, 0.25) is 0 Å². The van der Waals surface area contributed by atoms with Crippen LogP contribution in [0.15, 0.2) is 29.3 Å². The Morgan fingerprint density at radius 1 is 1.52 bits per heavy atom. The van der Waals surface area contributed by atoms with Crippen molar-refractivity contribution in [3.05, 3.63) is 45.0 Å². The average molecular weight is 315 g/mol. The van der Waals surface area contributed by atoms with Crippen LogP contribution in [0.4, 0.5) is 5.69 Å². The fourth-order valence-corrected chi connectivity index (χ4v) is 1.63. The van der Waals surface area contributed by atoms with Crippen molar-refractivity contribution in [3.63, 3.8) is 0 Å². The highest BCUT2D eigenvalue weighted by Gasteiger charge is 2.16. The van der Waals surface area contributed by atoms with Crippen molar-refractivity contribution < 1.29 is 14.4 Å². The fraction of sp³-hybridized carbons (Fsp3) is 0.429. The number of benzene rings is 1. The Kier molecular flexibility index (Phi) is 7.74. The van der Waals surface area contributed by atoms with Crippen molar-refractivity contribution in [1.29, 1.82) is 0 Å². The molecule has 0 radical (unpaired) electrons. The van der Waals surface area contributed by atoms with Gasteiger partial charge in [-0.05, 0) is 24.1 Å². The van der Waals surface area contributed by atoms with Gasteiger partial charge in [0.1, 0.15) is 6.61 Å². The lowest BCUT2D eigenvalue weighted by Crippen LogP contribution is -2.18. The van der Waals surface area contributed by atoms with Crippen LogP contribution in [0.1, 0.15) is 12.5 Å². The molecule has 0 amide bonds. The maximum absolute atomic E-state index is 11.1. The van der Waals surface area contributed by atoms with Crippen molar-refractivity contribution in [3.8, 4) is 5.75 Å². The van der Waals surface area contributed by atoms with E-state index in [1.165, 1.54) is 11.6 Å². The second kappa shape index (κ2) is 9.33. The summed E-state index contributed by atoms with van der Waals surface area (Å²) in [5, 5.41) is 14.2. The van der Waals surface area contributed by atoms with Gasteiger partial charge in [-0.15, -0.1) is 0 Å². The van der Waals surface area contributed by atoms with Crippen LogP contribution < -0.4 is 10.1 Å². The number of hydrogen-bond acceptors (Lipinski definition) is 5. The number of nitrogens with one attached hydrogen (secondary N) is 1. The first kappa shape index (κ1) is 17.4. The molecule has 6 nitrogen and oxygen atoms in total. The van der Waals surface area contributed by atoms with Gasteiger partial charge in [0, 0.05) is 31.8 Å². The summed E-state index contributed by atoms with van der Waals surface area (Å²) in [6.45, 7) is 3.81. The van der Waals surface area contributed by atoms with Gasteiger partial charge in [-0.25, -0.2) is 0 Å². The van der Waals surface area contributed by atoms with E-state index in [-0.39, 0.29) is 18.0 Å². The number of nitrogens with zero attached hydrogens (tertiary/aromatic N) is 1. The summed E-state index contributed by atoms with van der Waals surface area (Å²) in [5.74, 6) is 0.235. The van der Waals surface area contributed by atoms with Gasteiger partial charge in [0.05, 0.1) is 11.5 Å². The zero-order valence-electron chi connectivity index (χ0n) is 12.1. The molecule has 0 aliphatic rings. The predicted octanol–water partition coefficient (Wildman–Crippen LogP) is 2.85. The monoisotopic (exact) mass is 314 g/mol. The van der Waals surface area contributed by atoms with Gasteiger partial charge in [0.15, 0.2) is 5.75 Å². The van der Waals surface area contributed by atoms with Gasteiger partial charge >= 0.3 is 5.69 Å². The normalized spacial score (nSPS) is 11.5. The van der Waals surface area contributed by atoms with Crippen LogP contribution in [-0.4, -0.2) is 31.8 Å². The second-order valence-electron chi connectivity index (χ2n) is 4.47. The number of nitro groups is 1. The van der Waals surface area contributed by atoms with Crippen LogP contribution in [0.3, 0.4) is 0 Å². The summed E-state index contributed by atoms with van der Waals surface area (Å²) in [6, 6.07) is 4.91. The Morgan fingerprint density at radius 2 is 2.29 bits per heavy atom. The van der Waals surface area contributed by atoms with Crippen molar-refractivity contribution in [1.82, 2.24) is 5.32 Å². The molecule has 1 aromatic carbocycles. The first-order valence-corrected chi connectivity index (χ1v) is 6.87. The van der Waals surface area contributed by atoms with E-state index in [1.807, 2.05) is 0 Å². The Balaban J connectivity index is 2.74. The number of nitro benzene ring substituents is 1. The molecule has 0 atom stereocenters. The third kappa shape index (κ3) is 6.12. The molecule has 0 aliphatic heterocycles. The van der Waals surface area contributed by atoms with Crippen molar-refractivity contribution in [2.45, 2.75) is 13.5 Å². The molecular formula is C14H19ClN2O4. The molecule has 1 rings (SSSR count). The first-order chi connectivity index (χ1) is 10.1. The highest BCUT2D eigenvalue weighted by molar-refractivity contribution is 6.25. The van der Waals surface area contributed by atoms with E-state index in [0.717, 1.165) is 11.1 Å². The summed E-state index contributed by atoms with van der Waals surface area (Å²) < 4.78 is 10.3. The molecule has 0 fully saturated rings. The number of ether oxygens (including phenoxy) is 2. The van der Waals surface area contributed by atoms with Crippen LogP contribution in [0.25, 0.3) is 0 Å². The van der Waals surface area contributed by atoms with E-state index >= 15 is 0 Å². The maximum Gasteiger partial charge on any atom is 0.311 e. The molecule has 21 heavy (non-hydrogen) atoms. The zero-order chi connectivity index (χ0) is 15.7. The van der Waals surface area contributed by atoms with E-state index in [0.29, 0.717) is 19.7 Å². The summed E-state index contributed by atoms with van der Waals surface area (Å²) >= 11 is 5.53. The van der Waals surface area contributed by atoms with Crippen molar-refractivity contribution in [2.75, 3.05) is 26.9 Å². The largest absolute Gasteiger partial charge is 0.482 e. The van der Waals surface area contributed by atoms with Crippen molar-refractivity contribution >= 4 is 17.3 Å². The Bertz CT molecular complexity index is 506. The molecule has 0 heterocycles. The highest BCUT2D eigenvalue weighted by Crippen LogP contribution is 2.28. The standard InChI is InChI=1S/C14H19ClN2O4/c1-11(8-15)10-21-14-4-3-12(7-13(14)17(18)19)9-16-5-6-20-2/h3-4,7-8,16H,5-6,9-10H2,1-2H3/b11-8+. The topological polar surface area (TPSA) is 73.6 Å². The lowest BCUT2D eigenvalue weighted by Gasteiger charge is -2.09. The maximum atomic E-state index is 11.1. The minimum atomic E-state index is -0.451. The van der Waals surface area contributed by atoms with Gasteiger partial charge in [-0.3, -0.25) is 10.1 Å². The molecular weight excluding hydrogens is 296 g/mol. The van der Waals surface area contributed by atoms with Gasteiger partial charge in [-0.1, -0.05) is 17.7 Å². The van der Waals surface area contributed by atoms with E-state index in [4.69, 9.17) is 21.1 Å². The van der Waals surface area contributed by atoms with Gasteiger partial charge in [-0.2, -0.15) is 0 Å². The lowest BCUT2D eigenvalue weighted by atomic mass is 10.2. The van der Waals surface area contributed by atoms with E-state index < -0.39 is 4.92 Å². The first-order valence-electron chi connectivity index (χ1n) is 6.44. The molecule has 0 bridgehead atoms. The molecule has 1 aromatic rings. The van der Waals surface area contributed by atoms with Crippen LogP contribution in [-0.2, 0) is 11.3 Å². The molecule has 1 N–H and O–H groups in total. The Morgan fingerprint density at radius 3 is 2.90 bits per heavy atom. The quantitative estimate of drug-likeness (QED) is 0.431. The molecule has 0 saturated carbocycles. The molecule has 0 aliphatic carbocycles. The van der Waals surface area contributed by atoms with Gasteiger partial charge in [0.2, 0.25) is 0 Å². The smallest absolute Gasteiger partial charge is 0.311 e. The number of methoxy groups -OCH3 is 1. The number of rotatable bonds is 9. The van der Waals surface area contributed by atoms with E-state index in [2.05, 4.69) is 5.32 Å². The zero-order valence-corrected chi connectivity index (χ0v) is 12.9. The SMILES string of the molecule is COCCNCc1ccc(OC/C(C)=C/Cl)c([N+](=O)[O-])c1. The molecule has 0 spiro atoms. The van der Waals surface area contributed by atoms with Crippen LogP contribution >= 0.6 is 11.6 Å². The number of hydrogen-bond donors (Lipinski definition) is 1. The van der Waals surface area contributed by atoms with Gasteiger partial charge in [0.25, 0.3) is 0 Å². The predicted molar refractivity (Wildman–Crippen MR) is 81.8 cm³/mol. The summed E-state index contributed by atoms with van der Waals surface area (Å²) in [6.07, 6.45) is 0. The van der Waals surface area contributed by atoms with Gasteiger partial charge < -0.3 is 14.8 Å². The number of halogens is 1. The minimum absolute atomic E-state index is 0.0524. The summed E-state index contributed by atoms with van der Waals surface area (Å²) in [4.78, 5) is 10.7. The highest BCUT2D eigenvalue weighted by atomic mass is 35.5. The van der Waals surface area contributed by atoms with E-state index in [1.54, 1.807) is 26.2 Å². The Labute approximate surface area is 128 Å². The third-order valence-electron chi connectivity index (χ3n) is 2.67. The molecule has 0 unspecified atom stereocenters. The minimum Gasteiger partial charge on any atom is -0.482 e. The molecule has 0 saturated heterocycles. The van der Waals surface area contributed by atoms with Crippen LogP contribution in [0.5, 0.6) is 5.75 Å². The lowest BCUT2D eigenvalue weighted by molar-refractivity contribution is -0.385. The summed E-state index contributed by atoms with van der Waals surface area (Å²) in [5.41, 5.74) is 2.94. The third-order valence-corrected chi connectivity index (χ3v) is 3.05. The van der Waals surface area contributed by atoms with E-state index in [9.17, 15) is 10.1 Å². The molecule has 116 valence electrons.